The van der Waals surface area contributed by atoms with Crippen LogP contribution in [-0.4, -0.2) is 41.1 Å². The molecule has 2 aliphatic heterocycles. The van der Waals surface area contributed by atoms with Gasteiger partial charge in [0.2, 0.25) is 0 Å². The molecule has 6 heteroatoms. The molecule has 0 aliphatic carbocycles. The first-order valence-corrected chi connectivity index (χ1v) is 10.3. The molecule has 0 spiro atoms. The summed E-state index contributed by atoms with van der Waals surface area (Å²) >= 11 is 1.68. The predicted octanol–water partition coefficient (Wildman–Crippen LogP) is 3.55. The molecule has 2 fully saturated rings. The van der Waals surface area contributed by atoms with Gasteiger partial charge in [-0.05, 0) is 45.2 Å². The van der Waals surface area contributed by atoms with Gasteiger partial charge in [-0.25, -0.2) is 0 Å². The zero-order valence-corrected chi connectivity index (χ0v) is 16.1. The van der Waals surface area contributed by atoms with Gasteiger partial charge in [0, 0.05) is 41.4 Å². The zero-order chi connectivity index (χ0) is 18.1. The second-order valence-corrected chi connectivity index (χ2v) is 8.28. The third-order valence-corrected chi connectivity index (χ3v) is 6.58. The molecule has 26 heavy (non-hydrogen) atoms. The lowest BCUT2D eigenvalue weighted by atomic mass is 10.1. The van der Waals surface area contributed by atoms with Crippen molar-refractivity contribution >= 4 is 17.7 Å². The van der Waals surface area contributed by atoms with Crippen LogP contribution in [0.5, 0.6) is 0 Å². The molecule has 2 unspecified atom stereocenters. The summed E-state index contributed by atoms with van der Waals surface area (Å²) in [4.78, 5) is 16.3. The van der Waals surface area contributed by atoms with Crippen LogP contribution in [0.3, 0.4) is 0 Å². The Morgan fingerprint density at radius 1 is 1.27 bits per heavy atom. The van der Waals surface area contributed by atoms with E-state index in [4.69, 9.17) is 4.52 Å². The molecule has 1 N–H and O–H groups in total. The minimum atomic E-state index is 0.154. The third-order valence-electron chi connectivity index (χ3n) is 5.48. The summed E-state index contributed by atoms with van der Waals surface area (Å²) in [6, 6.07) is 8.98. The minimum absolute atomic E-state index is 0.154. The maximum atomic E-state index is 13.2. The SMILES string of the molecule is Cc1noc(C)c1CSc1ccccc1C(=O)N1CCC2CCC(C1)N2. The van der Waals surface area contributed by atoms with Crippen molar-refractivity contribution in [1.82, 2.24) is 15.4 Å². The Morgan fingerprint density at radius 2 is 2.08 bits per heavy atom. The average Bonchev–Trinajstić information content (AvgIpc) is 3.14. The summed E-state index contributed by atoms with van der Waals surface area (Å²) in [7, 11) is 0. The van der Waals surface area contributed by atoms with E-state index in [0.717, 1.165) is 52.7 Å². The number of nitrogens with zero attached hydrogens (tertiary/aromatic N) is 2. The van der Waals surface area contributed by atoms with Crippen molar-refractivity contribution in [3.63, 3.8) is 0 Å². The highest BCUT2D eigenvalue weighted by Crippen LogP contribution is 2.30. The van der Waals surface area contributed by atoms with Gasteiger partial charge in [-0.3, -0.25) is 4.79 Å². The van der Waals surface area contributed by atoms with E-state index in [1.54, 1.807) is 11.8 Å². The van der Waals surface area contributed by atoms with Crippen LogP contribution in [0.1, 0.15) is 46.6 Å². The average molecular weight is 372 g/mol. The van der Waals surface area contributed by atoms with E-state index >= 15 is 0 Å². The second-order valence-electron chi connectivity index (χ2n) is 7.27. The maximum Gasteiger partial charge on any atom is 0.255 e. The number of benzene rings is 1. The summed E-state index contributed by atoms with van der Waals surface area (Å²) in [5, 5.41) is 7.66. The van der Waals surface area contributed by atoms with E-state index in [1.165, 1.54) is 12.8 Å². The van der Waals surface area contributed by atoms with E-state index in [-0.39, 0.29) is 5.91 Å². The molecular weight excluding hydrogens is 346 g/mol. The van der Waals surface area contributed by atoms with Crippen molar-refractivity contribution in [3.8, 4) is 0 Å². The van der Waals surface area contributed by atoms with Crippen LogP contribution in [0.25, 0.3) is 0 Å². The molecule has 2 saturated heterocycles. The van der Waals surface area contributed by atoms with Gasteiger partial charge in [-0.15, -0.1) is 11.8 Å². The molecule has 138 valence electrons. The summed E-state index contributed by atoms with van der Waals surface area (Å²) in [6.45, 7) is 5.56. The number of amides is 1. The fraction of sp³-hybridized carbons (Fsp3) is 0.500. The highest BCUT2D eigenvalue weighted by molar-refractivity contribution is 7.98. The largest absolute Gasteiger partial charge is 0.361 e. The molecule has 0 radical (unpaired) electrons. The van der Waals surface area contributed by atoms with Crippen LogP contribution < -0.4 is 5.32 Å². The Hall–Kier alpha value is -1.79. The van der Waals surface area contributed by atoms with Crippen molar-refractivity contribution < 1.29 is 9.32 Å². The molecule has 2 aliphatic rings. The van der Waals surface area contributed by atoms with Crippen LogP contribution in [0.15, 0.2) is 33.7 Å². The topological polar surface area (TPSA) is 58.4 Å². The molecular formula is C20H25N3O2S. The number of hydrogen-bond donors (Lipinski definition) is 1. The van der Waals surface area contributed by atoms with Crippen molar-refractivity contribution in [2.24, 2.45) is 0 Å². The zero-order valence-electron chi connectivity index (χ0n) is 15.3. The lowest BCUT2D eigenvalue weighted by Crippen LogP contribution is -2.39. The standard InChI is InChI=1S/C20H25N3O2S/c1-13-18(14(2)25-22-13)12-26-19-6-4-3-5-17(19)20(24)23-10-9-15-7-8-16(11-23)21-15/h3-6,15-16,21H,7-12H2,1-2H3. The number of carbonyl (C=O) groups excluding carboxylic acids is 1. The van der Waals surface area contributed by atoms with Crippen LogP contribution in [0, 0.1) is 13.8 Å². The summed E-state index contributed by atoms with van der Waals surface area (Å²) in [6.07, 6.45) is 3.48. The van der Waals surface area contributed by atoms with Gasteiger partial charge in [0.05, 0.1) is 11.3 Å². The molecule has 2 bridgehead atoms. The van der Waals surface area contributed by atoms with Crippen molar-refractivity contribution in [3.05, 3.63) is 46.8 Å². The number of likely N-dealkylation sites (tertiary alicyclic amines) is 1. The number of hydrogen-bond acceptors (Lipinski definition) is 5. The molecule has 0 saturated carbocycles. The van der Waals surface area contributed by atoms with Gasteiger partial charge in [-0.2, -0.15) is 0 Å². The number of aryl methyl sites for hydroxylation is 2. The molecule has 1 aromatic heterocycles. The molecule has 2 aromatic rings. The smallest absolute Gasteiger partial charge is 0.255 e. The normalized spacial score (nSPS) is 22.5. The first-order chi connectivity index (χ1) is 12.6. The van der Waals surface area contributed by atoms with Gasteiger partial charge < -0.3 is 14.7 Å². The third kappa shape index (κ3) is 3.53. The van der Waals surface area contributed by atoms with E-state index in [9.17, 15) is 4.79 Å². The van der Waals surface area contributed by atoms with Crippen LogP contribution in [-0.2, 0) is 5.75 Å². The summed E-state index contributed by atoms with van der Waals surface area (Å²) < 4.78 is 5.25. The maximum absolute atomic E-state index is 13.2. The number of fused-ring (bicyclic) bond motifs is 2. The molecule has 1 amide bonds. The van der Waals surface area contributed by atoms with Gasteiger partial charge in [-0.1, -0.05) is 17.3 Å². The van der Waals surface area contributed by atoms with Gasteiger partial charge in [0.25, 0.3) is 5.91 Å². The molecule has 1 aromatic carbocycles. The lowest BCUT2D eigenvalue weighted by Gasteiger charge is -2.25. The van der Waals surface area contributed by atoms with Crippen LogP contribution >= 0.6 is 11.8 Å². The van der Waals surface area contributed by atoms with Crippen molar-refractivity contribution in [1.29, 1.82) is 0 Å². The first-order valence-electron chi connectivity index (χ1n) is 9.30. The van der Waals surface area contributed by atoms with Crippen LogP contribution in [0.4, 0.5) is 0 Å². The Morgan fingerprint density at radius 3 is 2.88 bits per heavy atom. The van der Waals surface area contributed by atoms with E-state index in [2.05, 4.69) is 10.5 Å². The van der Waals surface area contributed by atoms with E-state index < -0.39 is 0 Å². The quantitative estimate of drug-likeness (QED) is 0.833. The number of nitrogens with one attached hydrogen (secondary N) is 1. The number of rotatable bonds is 4. The van der Waals surface area contributed by atoms with Gasteiger partial charge in [0.1, 0.15) is 5.76 Å². The fourth-order valence-electron chi connectivity index (χ4n) is 3.92. The monoisotopic (exact) mass is 371 g/mol. The highest BCUT2D eigenvalue weighted by Gasteiger charge is 2.32. The van der Waals surface area contributed by atoms with Gasteiger partial charge in [0.15, 0.2) is 0 Å². The highest BCUT2D eigenvalue weighted by atomic mass is 32.2. The lowest BCUT2D eigenvalue weighted by molar-refractivity contribution is 0.0744. The Kier molecular flexibility index (Phi) is 5.05. The molecule has 3 heterocycles. The number of aromatic nitrogens is 1. The summed E-state index contributed by atoms with van der Waals surface area (Å²) in [5.41, 5.74) is 2.85. The number of carbonyl (C=O) groups is 1. The Labute approximate surface area is 158 Å². The van der Waals surface area contributed by atoms with Crippen LogP contribution in [0.2, 0.25) is 0 Å². The Balaban J connectivity index is 1.50. The minimum Gasteiger partial charge on any atom is -0.361 e. The first kappa shape index (κ1) is 17.6. The summed E-state index contributed by atoms with van der Waals surface area (Å²) in [5.74, 6) is 1.77. The molecule has 4 rings (SSSR count). The number of thioether (sulfide) groups is 1. The van der Waals surface area contributed by atoms with E-state index in [1.807, 2.05) is 43.0 Å². The fourth-order valence-corrected chi connectivity index (χ4v) is 5.12. The van der Waals surface area contributed by atoms with Crippen molar-refractivity contribution in [2.45, 2.75) is 55.8 Å². The van der Waals surface area contributed by atoms with E-state index in [0.29, 0.717) is 12.1 Å². The molecule has 5 nitrogen and oxygen atoms in total. The predicted molar refractivity (Wildman–Crippen MR) is 102 cm³/mol. The van der Waals surface area contributed by atoms with Crippen molar-refractivity contribution in [2.75, 3.05) is 13.1 Å². The Bertz CT molecular complexity index is 785. The second kappa shape index (κ2) is 7.45. The van der Waals surface area contributed by atoms with Gasteiger partial charge >= 0.3 is 0 Å². The molecule has 2 atom stereocenters.